The van der Waals surface area contributed by atoms with Gasteiger partial charge in [0.25, 0.3) is 0 Å². The van der Waals surface area contributed by atoms with Crippen LogP contribution in [0.15, 0.2) is 55.2 Å². The number of nitrogens with two attached hydrogens (primary N) is 1. The highest BCUT2D eigenvalue weighted by atomic mass is 16.6. The molecule has 3 aromatic heterocycles. The number of nitrogen functional groups attached to an aromatic ring is 1. The van der Waals surface area contributed by atoms with E-state index < -0.39 is 11.7 Å². The monoisotopic (exact) mass is 482 g/mol. The molecule has 8 heteroatoms. The second kappa shape index (κ2) is 8.78. The van der Waals surface area contributed by atoms with Gasteiger partial charge in [0.1, 0.15) is 16.9 Å². The molecule has 3 heterocycles. The van der Waals surface area contributed by atoms with Crippen LogP contribution in [-0.2, 0) is 11.2 Å². The van der Waals surface area contributed by atoms with Crippen LogP contribution in [-0.4, -0.2) is 31.2 Å². The first kappa shape index (κ1) is 23.5. The van der Waals surface area contributed by atoms with Gasteiger partial charge in [0.05, 0.1) is 17.3 Å². The molecule has 1 aromatic carbocycles. The molecule has 1 amide bonds. The molecule has 5 rings (SSSR count). The Bertz CT molecular complexity index is 1500. The largest absolute Gasteiger partial charge is 0.444 e. The van der Waals surface area contributed by atoms with Crippen molar-refractivity contribution in [3.63, 3.8) is 0 Å². The summed E-state index contributed by atoms with van der Waals surface area (Å²) in [5.41, 5.74) is 12.8. The number of allylic oxidation sites excluding steroid dienone is 1. The highest BCUT2D eigenvalue weighted by molar-refractivity contribution is 5.84. The average Bonchev–Trinajstić information content (AvgIpc) is 3.38. The van der Waals surface area contributed by atoms with E-state index in [2.05, 4.69) is 29.0 Å². The van der Waals surface area contributed by atoms with Gasteiger partial charge in [-0.05, 0) is 93.6 Å². The van der Waals surface area contributed by atoms with Gasteiger partial charge in [0.2, 0.25) is 0 Å². The fourth-order valence-corrected chi connectivity index (χ4v) is 4.57. The molecule has 3 N–H and O–H groups in total. The maximum absolute atomic E-state index is 12.4. The third-order valence-corrected chi connectivity index (χ3v) is 6.17. The lowest BCUT2D eigenvalue weighted by Gasteiger charge is -2.22. The molecular formula is C28H30N6O2. The van der Waals surface area contributed by atoms with Gasteiger partial charge < -0.3 is 15.8 Å². The third-order valence-electron chi connectivity index (χ3n) is 6.17. The van der Waals surface area contributed by atoms with E-state index in [-0.39, 0.29) is 6.04 Å². The number of imidazole rings is 1. The van der Waals surface area contributed by atoms with Crippen LogP contribution in [0.3, 0.4) is 0 Å². The van der Waals surface area contributed by atoms with Crippen molar-refractivity contribution in [1.82, 2.24) is 24.8 Å². The van der Waals surface area contributed by atoms with Crippen LogP contribution < -0.4 is 11.1 Å². The molecule has 0 radical (unpaired) electrons. The summed E-state index contributed by atoms with van der Waals surface area (Å²) in [5.74, 6) is 1.07. The summed E-state index contributed by atoms with van der Waals surface area (Å²) >= 11 is 0. The Labute approximate surface area is 210 Å². The molecule has 8 nitrogen and oxygen atoms in total. The lowest BCUT2D eigenvalue weighted by Crippen LogP contribution is -2.34. The van der Waals surface area contributed by atoms with Crippen molar-refractivity contribution >= 4 is 28.6 Å². The van der Waals surface area contributed by atoms with Crippen LogP contribution in [0, 0.1) is 0 Å². The van der Waals surface area contributed by atoms with Crippen LogP contribution in [0.1, 0.15) is 57.0 Å². The zero-order valence-corrected chi connectivity index (χ0v) is 21.0. The summed E-state index contributed by atoms with van der Waals surface area (Å²) in [4.78, 5) is 26.4. The molecule has 0 saturated carbocycles. The van der Waals surface area contributed by atoms with E-state index in [4.69, 9.17) is 20.4 Å². The van der Waals surface area contributed by atoms with Gasteiger partial charge in [0, 0.05) is 11.9 Å². The van der Waals surface area contributed by atoms with Gasteiger partial charge in [-0.3, -0.25) is 4.57 Å². The van der Waals surface area contributed by atoms with Gasteiger partial charge in [-0.25, -0.2) is 19.7 Å². The van der Waals surface area contributed by atoms with Crippen molar-refractivity contribution in [2.75, 3.05) is 5.73 Å². The molecule has 4 aromatic rings. The van der Waals surface area contributed by atoms with Crippen molar-refractivity contribution in [2.24, 2.45) is 0 Å². The van der Waals surface area contributed by atoms with E-state index in [0.717, 1.165) is 57.7 Å². The van der Waals surface area contributed by atoms with Gasteiger partial charge in [-0.15, -0.1) is 0 Å². The quantitative estimate of drug-likeness (QED) is 0.391. The number of fused-ring (bicyclic) bond motifs is 2. The predicted octanol–water partition coefficient (Wildman–Crippen LogP) is 5.61. The number of carbonyl (C=O) groups is 1. The molecule has 0 bridgehead atoms. The van der Waals surface area contributed by atoms with Crippen LogP contribution >= 0.6 is 0 Å². The van der Waals surface area contributed by atoms with Gasteiger partial charge in [-0.2, -0.15) is 0 Å². The number of pyridine rings is 2. The van der Waals surface area contributed by atoms with Crippen LogP contribution in [0.5, 0.6) is 0 Å². The number of ether oxygens (including phenoxy) is 1. The second-order valence-corrected chi connectivity index (χ2v) is 10.1. The number of hydrogen-bond acceptors (Lipinski definition) is 6. The van der Waals surface area contributed by atoms with E-state index in [1.807, 2.05) is 62.6 Å². The van der Waals surface area contributed by atoms with E-state index in [1.165, 1.54) is 0 Å². The van der Waals surface area contributed by atoms with Crippen LogP contribution in [0.4, 0.5) is 10.6 Å². The number of alkyl carbamates (subject to hydrolysis) is 1. The summed E-state index contributed by atoms with van der Waals surface area (Å²) in [5, 5.41) is 3.01. The normalized spacial score (nSPS) is 15.1. The minimum atomic E-state index is -0.544. The minimum Gasteiger partial charge on any atom is -0.444 e. The molecule has 1 aliphatic rings. The highest BCUT2D eigenvalue weighted by Gasteiger charge is 2.27. The number of nitrogens with one attached hydrogen (secondary N) is 1. The van der Waals surface area contributed by atoms with Gasteiger partial charge >= 0.3 is 6.09 Å². The van der Waals surface area contributed by atoms with Crippen molar-refractivity contribution in [3.05, 3.63) is 72.1 Å². The number of nitrogens with zero attached hydrogens (tertiary/aromatic N) is 4. The first-order valence-electron chi connectivity index (χ1n) is 12.0. The standard InChI is InChI=1S/C28H30N6O2/c1-16(2)21-12-13-23-26(31-21)34(25(32-23)20-7-6-14-30-24(20)29)18-9-10-19-17(15-18)8-11-22(19)33-27(35)36-28(3,4)5/h6-7,9-10,12-15,22H,1,8,11H2,2-5H3,(H2,29,30)(H,33,35)/t22-/m0/s1. The number of rotatable bonds is 4. The molecule has 0 aliphatic heterocycles. The first-order chi connectivity index (χ1) is 17.1. The Morgan fingerprint density at radius 3 is 2.72 bits per heavy atom. The summed E-state index contributed by atoms with van der Waals surface area (Å²) in [6.07, 6.45) is 2.90. The number of aryl methyl sites for hydroxylation is 1. The van der Waals surface area contributed by atoms with Gasteiger partial charge in [-0.1, -0.05) is 12.6 Å². The number of carbonyl (C=O) groups excluding carboxylic acids is 1. The van der Waals surface area contributed by atoms with E-state index in [1.54, 1.807) is 6.20 Å². The minimum absolute atomic E-state index is 0.0926. The van der Waals surface area contributed by atoms with Crippen molar-refractivity contribution in [1.29, 1.82) is 0 Å². The fourth-order valence-electron chi connectivity index (χ4n) is 4.57. The Morgan fingerprint density at radius 1 is 1.19 bits per heavy atom. The number of hydrogen-bond donors (Lipinski definition) is 2. The fraction of sp³-hybridized carbons (Fsp3) is 0.286. The van der Waals surface area contributed by atoms with Crippen molar-refractivity contribution < 1.29 is 9.53 Å². The molecule has 0 fully saturated rings. The van der Waals surface area contributed by atoms with Crippen molar-refractivity contribution in [3.8, 4) is 17.1 Å². The molecular weight excluding hydrogens is 452 g/mol. The number of anilines is 1. The summed E-state index contributed by atoms with van der Waals surface area (Å²) < 4.78 is 7.47. The average molecular weight is 483 g/mol. The van der Waals surface area contributed by atoms with Crippen LogP contribution in [0.25, 0.3) is 33.8 Å². The van der Waals surface area contributed by atoms with Crippen LogP contribution in [0.2, 0.25) is 0 Å². The lowest BCUT2D eigenvalue weighted by atomic mass is 10.1. The Hall–Kier alpha value is -4.20. The molecule has 0 spiro atoms. The summed E-state index contributed by atoms with van der Waals surface area (Å²) in [6.45, 7) is 11.6. The summed E-state index contributed by atoms with van der Waals surface area (Å²) in [6, 6.07) is 13.8. The predicted molar refractivity (Wildman–Crippen MR) is 142 cm³/mol. The third kappa shape index (κ3) is 4.42. The maximum Gasteiger partial charge on any atom is 0.408 e. The Balaban J connectivity index is 1.60. The highest BCUT2D eigenvalue weighted by Crippen LogP contribution is 2.36. The molecule has 0 saturated heterocycles. The Morgan fingerprint density at radius 2 is 2.00 bits per heavy atom. The zero-order chi connectivity index (χ0) is 25.6. The maximum atomic E-state index is 12.4. The SMILES string of the molecule is C=C(C)c1ccc2nc(-c3cccnc3N)n(-c3ccc4c(c3)CC[C@@H]4NC(=O)OC(C)(C)C)c2n1. The topological polar surface area (TPSA) is 108 Å². The van der Waals surface area contributed by atoms with E-state index >= 15 is 0 Å². The zero-order valence-electron chi connectivity index (χ0n) is 21.0. The van der Waals surface area contributed by atoms with Gasteiger partial charge in [0.15, 0.2) is 11.5 Å². The second-order valence-electron chi connectivity index (χ2n) is 10.1. The van der Waals surface area contributed by atoms with E-state index in [0.29, 0.717) is 11.6 Å². The van der Waals surface area contributed by atoms with Crippen molar-refractivity contribution in [2.45, 2.75) is 52.2 Å². The van der Waals surface area contributed by atoms with E-state index in [9.17, 15) is 4.79 Å². The lowest BCUT2D eigenvalue weighted by molar-refractivity contribution is 0.0503. The molecule has 184 valence electrons. The number of benzene rings is 1. The first-order valence-corrected chi connectivity index (χ1v) is 12.0. The summed E-state index contributed by atoms with van der Waals surface area (Å²) in [7, 11) is 0. The molecule has 1 atom stereocenters. The Kier molecular flexibility index (Phi) is 5.74. The molecule has 1 aliphatic carbocycles. The smallest absolute Gasteiger partial charge is 0.408 e. The number of aromatic nitrogens is 4. The number of amides is 1. The molecule has 0 unspecified atom stereocenters. The molecule has 36 heavy (non-hydrogen) atoms.